The predicted molar refractivity (Wildman–Crippen MR) is 221 cm³/mol. The van der Waals surface area contributed by atoms with E-state index in [1.54, 1.807) is 7.11 Å². The van der Waals surface area contributed by atoms with Gasteiger partial charge in [-0.15, -0.1) is 0 Å². The normalized spacial score (nSPS) is 19.1. The number of methoxy groups -OCH3 is 1. The van der Waals surface area contributed by atoms with Gasteiger partial charge in [-0.2, -0.15) is 13.0 Å². The summed E-state index contributed by atoms with van der Waals surface area (Å²) in [6, 6.07) is 25.5. The van der Waals surface area contributed by atoms with E-state index >= 15 is 0 Å². The number of fused-ring (bicyclic) bond motifs is 6. The standard InChI is InChI=1S/C45H51N3O5S/c1-44(2)39(47(30-16-8-11-25-41(46)49)37-28-26-33-19-12-14-21-35(33)42(37)44)23-9-6-5-7-10-24-40-45(3,53-4)43-36-22-15-13-20-34(36)27-29-38(43)48(40)31-17-18-32-54(50,51)52/h5-7,9-10,12-15,19-24,26-29H,8,11,16-18,25,30-32H2,1-4H3,(H2-,46,49,50,51,52)/p+1. The fourth-order valence-corrected chi connectivity index (χ4v) is 8.83. The van der Waals surface area contributed by atoms with Gasteiger partial charge in [-0.1, -0.05) is 85.0 Å². The molecule has 282 valence electrons. The van der Waals surface area contributed by atoms with Gasteiger partial charge in [0.15, 0.2) is 5.71 Å². The van der Waals surface area contributed by atoms with Crippen LogP contribution in [0.25, 0.3) is 21.5 Å². The van der Waals surface area contributed by atoms with Crippen LogP contribution >= 0.6 is 0 Å². The lowest BCUT2D eigenvalue weighted by Crippen LogP contribution is -2.31. The van der Waals surface area contributed by atoms with Gasteiger partial charge in [-0.3, -0.25) is 9.35 Å². The molecule has 4 aromatic carbocycles. The van der Waals surface area contributed by atoms with Crippen molar-refractivity contribution in [3.8, 4) is 0 Å². The van der Waals surface area contributed by atoms with Gasteiger partial charge in [0.25, 0.3) is 10.1 Å². The lowest BCUT2D eigenvalue weighted by molar-refractivity contribution is -0.438. The first-order valence-corrected chi connectivity index (χ1v) is 20.5. The molecule has 4 aromatic rings. The number of anilines is 1. The van der Waals surface area contributed by atoms with Crippen molar-refractivity contribution >= 4 is 54.7 Å². The molecule has 0 bridgehead atoms. The Bertz CT molecular complexity index is 2320. The smallest absolute Gasteiger partial charge is 0.264 e. The first-order valence-electron chi connectivity index (χ1n) is 18.8. The van der Waals surface area contributed by atoms with Gasteiger partial charge in [0.05, 0.1) is 16.9 Å². The van der Waals surface area contributed by atoms with Crippen LogP contribution in [-0.2, 0) is 30.7 Å². The minimum Gasteiger partial charge on any atom is -0.370 e. The highest BCUT2D eigenvalue weighted by atomic mass is 32.2. The molecule has 1 atom stereocenters. The summed E-state index contributed by atoms with van der Waals surface area (Å²) < 4.78 is 40.9. The Labute approximate surface area is 319 Å². The zero-order chi connectivity index (χ0) is 38.5. The molecule has 54 heavy (non-hydrogen) atoms. The number of nitrogens with zero attached hydrogens (tertiary/aromatic N) is 2. The summed E-state index contributed by atoms with van der Waals surface area (Å²) in [5.74, 6) is -0.514. The third-order valence-corrected chi connectivity index (χ3v) is 11.7. The monoisotopic (exact) mass is 746 g/mol. The summed E-state index contributed by atoms with van der Waals surface area (Å²) in [5.41, 5.74) is 11.3. The van der Waals surface area contributed by atoms with Gasteiger partial charge in [0, 0.05) is 55.5 Å². The Morgan fingerprint density at radius 2 is 1.46 bits per heavy atom. The Hall–Kier alpha value is -4.83. The van der Waals surface area contributed by atoms with Crippen molar-refractivity contribution in [1.82, 2.24) is 0 Å². The zero-order valence-electron chi connectivity index (χ0n) is 31.8. The van der Waals surface area contributed by atoms with Crippen molar-refractivity contribution < 1.29 is 27.1 Å². The lowest BCUT2D eigenvalue weighted by Gasteiger charge is -2.29. The van der Waals surface area contributed by atoms with Crippen LogP contribution in [0, 0.1) is 0 Å². The number of carbonyl (C=O) groups is 1. The Kier molecular flexibility index (Phi) is 11.7. The molecule has 1 unspecified atom stereocenters. The number of rotatable bonds is 16. The highest BCUT2D eigenvalue weighted by Crippen LogP contribution is 2.51. The number of carbonyl (C=O) groups excluding carboxylic acids is 1. The minimum atomic E-state index is -4.02. The fraction of sp³-hybridized carbons (Fsp3) is 0.333. The summed E-state index contributed by atoms with van der Waals surface area (Å²) in [7, 11) is -2.30. The van der Waals surface area contributed by atoms with Gasteiger partial charge in [-0.05, 0) is 86.2 Å². The number of primary amides is 1. The number of ether oxygens (including phenoxy) is 1. The molecule has 0 aliphatic carbocycles. The molecule has 9 heteroatoms. The molecular weight excluding hydrogens is 695 g/mol. The van der Waals surface area contributed by atoms with Crippen LogP contribution in [0.1, 0.15) is 70.4 Å². The summed E-state index contributed by atoms with van der Waals surface area (Å²) in [6.07, 6.45) is 18.5. The van der Waals surface area contributed by atoms with Crippen LogP contribution < -0.4 is 10.6 Å². The lowest BCUT2D eigenvalue weighted by atomic mass is 9.79. The second-order valence-electron chi connectivity index (χ2n) is 14.9. The maximum absolute atomic E-state index is 11.4. The van der Waals surface area contributed by atoms with E-state index in [2.05, 4.69) is 109 Å². The van der Waals surface area contributed by atoms with E-state index in [4.69, 9.17) is 10.5 Å². The summed E-state index contributed by atoms with van der Waals surface area (Å²) in [4.78, 5) is 13.5. The molecule has 2 heterocycles. The first-order chi connectivity index (χ1) is 25.9. The number of benzene rings is 4. The van der Waals surface area contributed by atoms with Crippen molar-refractivity contribution in [1.29, 1.82) is 0 Å². The van der Waals surface area contributed by atoms with E-state index < -0.39 is 15.7 Å². The van der Waals surface area contributed by atoms with Crippen molar-refractivity contribution in [3.05, 3.63) is 132 Å². The predicted octanol–water partition coefficient (Wildman–Crippen LogP) is 9.02. The maximum Gasteiger partial charge on any atom is 0.264 e. The average Bonchev–Trinajstić information content (AvgIpc) is 3.52. The Morgan fingerprint density at radius 3 is 2.15 bits per heavy atom. The van der Waals surface area contributed by atoms with Crippen LogP contribution in [0.2, 0.25) is 0 Å². The van der Waals surface area contributed by atoms with Crippen LogP contribution in [0.5, 0.6) is 0 Å². The first kappa shape index (κ1) is 38.9. The largest absolute Gasteiger partial charge is 0.370 e. The van der Waals surface area contributed by atoms with Gasteiger partial charge in [0.1, 0.15) is 12.1 Å². The van der Waals surface area contributed by atoms with Crippen LogP contribution in [0.15, 0.2) is 121 Å². The molecule has 2 aliphatic heterocycles. The highest BCUT2D eigenvalue weighted by Gasteiger charge is 2.46. The quantitative estimate of drug-likeness (QED) is 0.0512. The molecule has 6 rings (SSSR count). The number of nitrogens with two attached hydrogens (primary N) is 1. The van der Waals surface area contributed by atoms with E-state index in [-0.39, 0.29) is 17.1 Å². The molecule has 3 N–H and O–H groups in total. The van der Waals surface area contributed by atoms with E-state index in [0.29, 0.717) is 25.8 Å². The van der Waals surface area contributed by atoms with Crippen LogP contribution in [-0.4, -0.2) is 55.1 Å². The molecular formula is C45H52N3O5S+. The Balaban J connectivity index is 1.26. The number of unbranched alkanes of at least 4 members (excludes halogenated alkanes) is 3. The van der Waals surface area contributed by atoms with Crippen molar-refractivity contribution in [2.45, 2.75) is 70.3 Å². The van der Waals surface area contributed by atoms with Crippen LogP contribution in [0.4, 0.5) is 11.4 Å². The summed E-state index contributed by atoms with van der Waals surface area (Å²) >= 11 is 0. The molecule has 0 saturated heterocycles. The number of hydrogen-bond acceptors (Lipinski definition) is 5. The van der Waals surface area contributed by atoms with Gasteiger partial charge < -0.3 is 15.4 Å². The van der Waals surface area contributed by atoms with E-state index in [1.807, 2.05) is 36.4 Å². The third kappa shape index (κ3) is 7.99. The van der Waals surface area contributed by atoms with Crippen molar-refractivity contribution in [3.63, 3.8) is 0 Å². The Morgan fingerprint density at radius 1 is 0.815 bits per heavy atom. The third-order valence-electron chi connectivity index (χ3n) is 10.9. The molecule has 0 saturated carbocycles. The average molecular weight is 747 g/mol. The zero-order valence-corrected chi connectivity index (χ0v) is 32.6. The van der Waals surface area contributed by atoms with Gasteiger partial charge >= 0.3 is 0 Å². The van der Waals surface area contributed by atoms with E-state index in [1.165, 1.54) is 27.7 Å². The van der Waals surface area contributed by atoms with Crippen molar-refractivity contribution in [2.24, 2.45) is 5.73 Å². The van der Waals surface area contributed by atoms with Crippen molar-refractivity contribution in [2.75, 3.05) is 30.9 Å². The molecule has 2 aliphatic rings. The second-order valence-corrected chi connectivity index (χ2v) is 16.4. The SMILES string of the molecule is COC1(C)/C(=C/C=C/C=C/C=C/C2=[N+](CCCCCC(N)=O)c3ccc4ccccc4c3C2(C)C)N(CCCCS(=O)(=O)O)c2ccc3ccccc3c21. The number of allylic oxidation sites excluding steroid dienone is 7. The minimum absolute atomic E-state index is 0.217. The number of amides is 1. The second kappa shape index (κ2) is 16.3. The molecule has 8 nitrogen and oxygen atoms in total. The molecule has 0 aromatic heterocycles. The van der Waals surface area contributed by atoms with E-state index in [9.17, 15) is 17.8 Å². The summed E-state index contributed by atoms with van der Waals surface area (Å²) in [5, 5.41) is 4.74. The fourth-order valence-electron chi connectivity index (χ4n) is 8.26. The molecule has 0 spiro atoms. The van der Waals surface area contributed by atoms with E-state index in [0.717, 1.165) is 53.5 Å². The summed E-state index contributed by atoms with van der Waals surface area (Å²) in [6.45, 7) is 8.11. The maximum atomic E-state index is 11.4. The van der Waals surface area contributed by atoms with Gasteiger partial charge in [-0.25, -0.2) is 0 Å². The molecule has 0 radical (unpaired) electrons. The highest BCUT2D eigenvalue weighted by molar-refractivity contribution is 7.85. The van der Waals surface area contributed by atoms with Gasteiger partial charge in [0.2, 0.25) is 11.6 Å². The molecule has 1 amide bonds. The molecule has 0 fully saturated rings. The van der Waals surface area contributed by atoms with Crippen LogP contribution in [0.3, 0.4) is 0 Å². The number of hydrogen-bond donors (Lipinski definition) is 2. The topological polar surface area (TPSA) is 113 Å².